The maximum Gasteiger partial charge on any atom is 0.0497 e. The molecule has 0 radical (unpaired) electrons. The second-order valence-electron chi connectivity index (χ2n) is 3.38. The fraction of sp³-hybridized carbons (Fsp3) is 0.273. The monoisotopic (exact) mass is 253 g/mol. The fourth-order valence-corrected chi connectivity index (χ4v) is 2.03. The van der Waals surface area contributed by atoms with E-state index in [1.54, 1.807) is 0 Å². The van der Waals surface area contributed by atoms with Gasteiger partial charge in [0, 0.05) is 28.2 Å². The van der Waals surface area contributed by atoms with E-state index in [1.807, 2.05) is 12.3 Å². The van der Waals surface area contributed by atoms with Crippen molar-refractivity contribution in [2.24, 2.45) is 0 Å². The first-order valence-corrected chi connectivity index (χ1v) is 5.39. The summed E-state index contributed by atoms with van der Waals surface area (Å²) in [4.78, 5) is 3.24. The second kappa shape index (κ2) is 3.75. The van der Waals surface area contributed by atoms with Gasteiger partial charge in [-0.05, 0) is 30.5 Å². The largest absolute Gasteiger partial charge is 0.396 e. The maximum absolute atomic E-state index is 8.90. The zero-order valence-corrected chi connectivity index (χ0v) is 9.56. The summed E-state index contributed by atoms with van der Waals surface area (Å²) in [7, 11) is 0. The van der Waals surface area contributed by atoms with Crippen LogP contribution < -0.4 is 0 Å². The molecule has 0 spiro atoms. The summed E-state index contributed by atoms with van der Waals surface area (Å²) in [6.07, 6.45) is 2.68. The van der Waals surface area contributed by atoms with Crippen molar-refractivity contribution in [1.29, 1.82) is 0 Å². The van der Waals surface area contributed by atoms with Crippen molar-refractivity contribution >= 4 is 26.8 Å². The van der Waals surface area contributed by atoms with Gasteiger partial charge in [0.05, 0.1) is 0 Å². The van der Waals surface area contributed by atoms with E-state index >= 15 is 0 Å². The van der Waals surface area contributed by atoms with Crippen LogP contribution in [0.3, 0.4) is 0 Å². The molecule has 0 saturated carbocycles. The van der Waals surface area contributed by atoms with Crippen molar-refractivity contribution in [3.8, 4) is 0 Å². The van der Waals surface area contributed by atoms with E-state index in [0.29, 0.717) is 6.42 Å². The number of fused-ring (bicyclic) bond motifs is 1. The van der Waals surface area contributed by atoms with Crippen LogP contribution in [0.15, 0.2) is 22.8 Å². The molecular formula is C11H12BrNO. The van der Waals surface area contributed by atoms with E-state index in [-0.39, 0.29) is 6.61 Å². The number of hydrogen-bond donors (Lipinski definition) is 2. The smallest absolute Gasteiger partial charge is 0.0497 e. The third-order valence-electron chi connectivity index (χ3n) is 2.52. The number of aromatic amines is 1. The molecule has 0 bridgehead atoms. The van der Waals surface area contributed by atoms with Crippen LogP contribution in [-0.2, 0) is 6.42 Å². The summed E-state index contributed by atoms with van der Waals surface area (Å²) in [5, 5.41) is 10.1. The molecule has 2 nitrogen and oxygen atoms in total. The number of aromatic nitrogens is 1. The normalized spacial score (nSPS) is 11.1. The van der Waals surface area contributed by atoms with Crippen molar-refractivity contribution in [2.45, 2.75) is 13.3 Å². The van der Waals surface area contributed by atoms with Crippen molar-refractivity contribution in [2.75, 3.05) is 6.61 Å². The number of halogens is 1. The molecule has 2 aromatic rings. The van der Waals surface area contributed by atoms with Crippen LogP contribution in [0.25, 0.3) is 10.9 Å². The average Bonchev–Trinajstić information content (AvgIpc) is 2.57. The third-order valence-corrected chi connectivity index (χ3v) is 3.38. The van der Waals surface area contributed by atoms with Crippen molar-refractivity contribution in [3.05, 3.63) is 33.9 Å². The molecule has 1 aromatic heterocycles. The molecule has 0 saturated heterocycles. The number of aryl methyl sites for hydroxylation is 1. The first-order chi connectivity index (χ1) is 6.74. The molecule has 2 N–H and O–H groups in total. The van der Waals surface area contributed by atoms with Gasteiger partial charge in [0.15, 0.2) is 0 Å². The molecule has 2 rings (SSSR count). The lowest BCUT2D eigenvalue weighted by Crippen LogP contribution is -1.88. The Morgan fingerprint density at radius 2 is 2.21 bits per heavy atom. The highest BCUT2D eigenvalue weighted by Gasteiger charge is 2.06. The molecule has 0 atom stereocenters. The van der Waals surface area contributed by atoms with Gasteiger partial charge in [0.25, 0.3) is 0 Å². The minimum Gasteiger partial charge on any atom is -0.396 e. The number of aliphatic hydroxyl groups is 1. The lowest BCUT2D eigenvalue weighted by Gasteiger charge is -2.00. The van der Waals surface area contributed by atoms with Gasteiger partial charge in [-0.3, -0.25) is 0 Å². The van der Waals surface area contributed by atoms with Crippen LogP contribution in [0.1, 0.15) is 11.1 Å². The van der Waals surface area contributed by atoms with Crippen LogP contribution in [0, 0.1) is 6.92 Å². The molecule has 14 heavy (non-hydrogen) atoms. The van der Waals surface area contributed by atoms with Gasteiger partial charge in [-0.1, -0.05) is 22.0 Å². The molecule has 3 heteroatoms. The van der Waals surface area contributed by atoms with E-state index in [1.165, 1.54) is 16.5 Å². The lowest BCUT2D eigenvalue weighted by molar-refractivity contribution is 0.300. The summed E-state index contributed by atoms with van der Waals surface area (Å²) >= 11 is 3.50. The van der Waals surface area contributed by atoms with Crippen LogP contribution in [-0.4, -0.2) is 16.7 Å². The number of H-pyrrole nitrogens is 1. The molecule has 0 fully saturated rings. The van der Waals surface area contributed by atoms with Gasteiger partial charge in [-0.25, -0.2) is 0 Å². The van der Waals surface area contributed by atoms with Crippen molar-refractivity contribution < 1.29 is 5.11 Å². The van der Waals surface area contributed by atoms with Crippen molar-refractivity contribution in [1.82, 2.24) is 4.98 Å². The summed E-state index contributed by atoms with van der Waals surface area (Å²) < 4.78 is 1.11. The van der Waals surface area contributed by atoms with Gasteiger partial charge in [0.2, 0.25) is 0 Å². The van der Waals surface area contributed by atoms with E-state index in [9.17, 15) is 0 Å². The Kier molecular flexibility index (Phi) is 2.61. The summed E-state index contributed by atoms with van der Waals surface area (Å²) in [5.74, 6) is 0. The van der Waals surface area contributed by atoms with Crippen LogP contribution >= 0.6 is 15.9 Å². The zero-order chi connectivity index (χ0) is 10.1. The summed E-state index contributed by atoms with van der Waals surface area (Å²) in [6, 6.07) is 4.13. The van der Waals surface area contributed by atoms with E-state index in [4.69, 9.17) is 5.11 Å². The Bertz CT molecular complexity index is 462. The molecule has 0 aliphatic carbocycles. The Morgan fingerprint density at radius 1 is 1.43 bits per heavy atom. The van der Waals surface area contributed by atoms with Gasteiger partial charge >= 0.3 is 0 Å². The molecule has 0 aliphatic heterocycles. The molecule has 1 aromatic carbocycles. The topological polar surface area (TPSA) is 36.0 Å². The Morgan fingerprint density at radius 3 is 2.93 bits per heavy atom. The Labute approximate surface area is 91.1 Å². The van der Waals surface area contributed by atoms with E-state index < -0.39 is 0 Å². The highest BCUT2D eigenvalue weighted by atomic mass is 79.9. The quantitative estimate of drug-likeness (QED) is 0.849. The summed E-state index contributed by atoms with van der Waals surface area (Å²) in [6.45, 7) is 2.27. The van der Waals surface area contributed by atoms with Crippen LogP contribution in [0.5, 0.6) is 0 Å². The number of benzene rings is 1. The Balaban J connectivity index is 2.64. The number of nitrogens with one attached hydrogen (secondary N) is 1. The SMILES string of the molecule is Cc1c(Br)ccc2c(CCO)c[nH]c12. The summed E-state index contributed by atoms with van der Waals surface area (Å²) in [5.41, 5.74) is 3.55. The van der Waals surface area contributed by atoms with E-state index in [0.717, 1.165) is 9.99 Å². The predicted octanol–water partition coefficient (Wildman–Crippen LogP) is 2.77. The molecule has 0 amide bonds. The maximum atomic E-state index is 8.90. The predicted molar refractivity (Wildman–Crippen MR) is 61.5 cm³/mol. The molecule has 0 aliphatic rings. The first-order valence-electron chi connectivity index (χ1n) is 4.60. The van der Waals surface area contributed by atoms with Crippen LogP contribution in [0.4, 0.5) is 0 Å². The number of aliphatic hydroxyl groups excluding tert-OH is 1. The minimum atomic E-state index is 0.196. The third kappa shape index (κ3) is 1.47. The number of hydrogen-bond acceptors (Lipinski definition) is 1. The second-order valence-corrected chi connectivity index (χ2v) is 4.24. The minimum absolute atomic E-state index is 0.196. The van der Waals surface area contributed by atoms with E-state index in [2.05, 4.69) is 33.9 Å². The van der Waals surface area contributed by atoms with Crippen LogP contribution in [0.2, 0.25) is 0 Å². The van der Waals surface area contributed by atoms with Gasteiger partial charge < -0.3 is 10.1 Å². The molecule has 0 unspecified atom stereocenters. The van der Waals surface area contributed by atoms with Crippen molar-refractivity contribution in [3.63, 3.8) is 0 Å². The fourth-order valence-electron chi connectivity index (χ4n) is 1.70. The molecule has 74 valence electrons. The highest BCUT2D eigenvalue weighted by molar-refractivity contribution is 9.10. The van der Waals surface area contributed by atoms with Gasteiger partial charge in [-0.15, -0.1) is 0 Å². The van der Waals surface area contributed by atoms with Gasteiger partial charge in [0.1, 0.15) is 0 Å². The highest BCUT2D eigenvalue weighted by Crippen LogP contribution is 2.27. The zero-order valence-electron chi connectivity index (χ0n) is 7.97. The molecular weight excluding hydrogens is 242 g/mol. The first kappa shape index (κ1) is 9.74. The Hall–Kier alpha value is -0.800. The molecule has 1 heterocycles. The standard InChI is InChI=1S/C11H12BrNO/c1-7-10(12)3-2-9-8(4-5-14)6-13-11(7)9/h2-3,6,13-14H,4-5H2,1H3. The van der Waals surface area contributed by atoms with Gasteiger partial charge in [-0.2, -0.15) is 0 Å². The lowest BCUT2D eigenvalue weighted by atomic mass is 10.1. The number of rotatable bonds is 2. The average molecular weight is 254 g/mol.